The summed E-state index contributed by atoms with van der Waals surface area (Å²) in [6.07, 6.45) is 4.75. The number of hydrogen-bond donors (Lipinski definition) is 1. The van der Waals surface area contributed by atoms with E-state index in [0.29, 0.717) is 23.2 Å². The van der Waals surface area contributed by atoms with Gasteiger partial charge in [0.1, 0.15) is 0 Å². The van der Waals surface area contributed by atoms with E-state index in [9.17, 15) is 4.79 Å². The number of hydrogen-bond acceptors (Lipinski definition) is 8. The third kappa shape index (κ3) is 4.76. The Bertz CT molecular complexity index is 865. The Morgan fingerprint density at radius 1 is 1.38 bits per heavy atom. The van der Waals surface area contributed by atoms with Gasteiger partial charge in [-0.05, 0) is 30.6 Å². The molecule has 138 valence electrons. The summed E-state index contributed by atoms with van der Waals surface area (Å²) in [5.74, 6) is 3.61. The smallest absolute Gasteiger partial charge is 0.230 e. The third-order valence-corrected chi connectivity index (χ3v) is 5.20. The second-order valence-corrected chi connectivity index (χ2v) is 7.58. The number of aryl methyl sites for hydroxylation is 1. The molecule has 0 aromatic carbocycles. The highest BCUT2D eigenvalue weighted by Gasteiger charge is 2.20. The zero-order chi connectivity index (χ0) is 18.4. The van der Waals surface area contributed by atoms with Gasteiger partial charge >= 0.3 is 0 Å². The van der Waals surface area contributed by atoms with E-state index in [1.54, 1.807) is 18.7 Å². The van der Waals surface area contributed by atoms with Crippen LogP contribution < -0.4 is 5.32 Å². The van der Waals surface area contributed by atoms with Crippen LogP contribution >= 0.6 is 23.5 Å². The Hall–Kier alpha value is -2.07. The van der Waals surface area contributed by atoms with Gasteiger partial charge in [-0.15, -0.1) is 22.0 Å². The standard InChI is InChI=1S/C16H20N6O2S2/c1-11-17-13(21-24-11)9-26-10-15(23)18-12(6-8-25-2)16-20-19-14-5-3-4-7-22(14)16/h3-5,7,12H,6,8-10H2,1-2H3,(H,18,23). The highest BCUT2D eigenvalue weighted by Crippen LogP contribution is 2.19. The fourth-order valence-corrected chi connectivity index (χ4v) is 3.61. The van der Waals surface area contributed by atoms with Gasteiger partial charge in [0, 0.05) is 13.1 Å². The van der Waals surface area contributed by atoms with Crippen molar-refractivity contribution in [2.45, 2.75) is 25.1 Å². The Labute approximate surface area is 159 Å². The first-order valence-electron chi connectivity index (χ1n) is 8.12. The quantitative estimate of drug-likeness (QED) is 0.592. The fraction of sp³-hybridized carbons (Fsp3) is 0.438. The normalized spacial score (nSPS) is 12.4. The number of pyridine rings is 1. The molecule has 1 unspecified atom stereocenters. The van der Waals surface area contributed by atoms with E-state index in [2.05, 4.69) is 25.7 Å². The summed E-state index contributed by atoms with van der Waals surface area (Å²) in [6.45, 7) is 1.74. The van der Waals surface area contributed by atoms with Crippen molar-refractivity contribution in [2.75, 3.05) is 17.8 Å². The number of rotatable bonds is 9. The van der Waals surface area contributed by atoms with Crippen molar-refractivity contribution >= 4 is 35.1 Å². The van der Waals surface area contributed by atoms with Gasteiger partial charge in [0.2, 0.25) is 11.8 Å². The van der Waals surface area contributed by atoms with E-state index < -0.39 is 0 Å². The molecule has 0 spiro atoms. The molecule has 0 fully saturated rings. The first-order chi connectivity index (χ1) is 12.7. The topological polar surface area (TPSA) is 98.2 Å². The van der Waals surface area contributed by atoms with Crippen LogP contribution in [0.1, 0.15) is 30.0 Å². The maximum Gasteiger partial charge on any atom is 0.230 e. The number of carbonyl (C=O) groups is 1. The predicted molar refractivity (Wildman–Crippen MR) is 102 cm³/mol. The van der Waals surface area contributed by atoms with Gasteiger partial charge < -0.3 is 9.84 Å². The number of amides is 1. The van der Waals surface area contributed by atoms with E-state index in [4.69, 9.17) is 4.52 Å². The Morgan fingerprint density at radius 3 is 3.04 bits per heavy atom. The molecule has 0 aliphatic carbocycles. The Kier molecular flexibility index (Phi) is 6.51. The molecule has 3 heterocycles. The summed E-state index contributed by atoms with van der Waals surface area (Å²) in [5.41, 5.74) is 0.771. The maximum atomic E-state index is 12.4. The molecule has 1 amide bonds. The van der Waals surface area contributed by atoms with Crippen molar-refractivity contribution in [3.63, 3.8) is 0 Å². The summed E-state index contributed by atoms with van der Waals surface area (Å²) >= 11 is 3.19. The number of fused-ring (bicyclic) bond motifs is 1. The summed E-state index contributed by atoms with van der Waals surface area (Å²) in [7, 11) is 0. The second kappa shape index (κ2) is 9.04. The summed E-state index contributed by atoms with van der Waals surface area (Å²) in [5, 5.41) is 15.4. The third-order valence-electron chi connectivity index (χ3n) is 3.63. The molecule has 8 nitrogen and oxygen atoms in total. The van der Waals surface area contributed by atoms with Crippen LogP contribution in [0.25, 0.3) is 5.65 Å². The molecule has 1 N–H and O–H groups in total. The zero-order valence-electron chi connectivity index (χ0n) is 14.6. The monoisotopic (exact) mass is 392 g/mol. The molecule has 3 rings (SSSR count). The minimum atomic E-state index is -0.180. The van der Waals surface area contributed by atoms with E-state index in [-0.39, 0.29) is 11.9 Å². The molecule has 26 heavy (non-hydrogen) atoms. The molecule has 0 saturated carbocycles. The number of carbonyl (C=O) groups excluding carboxylic acids is 1. The summed E-state index contributed by atoms with van der Waals surface area (Å²) in [4.78, 5) is 16.5. The van der Waals surface area contributed by atoms with Crippen molar-refractivity contribution in [1.82, 2.24) is 30.1 Å². The molecule has 1 atom stereocenters. The minimum absolute atomic E-state index is 0.0472. The van der Waals surface area contributed by atoms with Crippen LogP contribution in [0.5, 0.6) is 0 Å². The summed E-state index contributed by atoms with van der Waals surface area (Å²) < 4.78 is 6.84. The summed E-state index contributed by atoms with van der Waals surface area (Å²) in [6, 6.07) is 5.56. The first kappa shape index (κ1) is 18.7. The van der Waals surface area contributed by atoms with E-state index in [0.717, 1.165) is 23.6 Å². The average molecular weight is 393 g/mol. The van der Waals surface area contributed by atoms with Gasteiger partial charge in [0.05, 0.1) is 17.5 Å². The van der Waals surface area contributed by atoms with Crippen molar-refractivity contribution in [2.24, 2.45) is 0 Å². The lowest BCUT2D eigenvalue weighted by Crippen LogP contribution is -2.31. The van der Waals surface area contributed by atoms with Crippen LogP contribution in [0.3, 0.4) is 0 Å². The van der Waals surface area contributed by atoms with Crippen LogP contribution in [0.2, 0.25) is 0 Å². The molecule has 3 aromatic rings. The van der Waals surface area contributed by atoms with Gasteiger partial charge in [-0.25, -0.2) is 0 Å². The molecule has 0 aliphatic heterocycles. The molecule has 3 aromatic heterocycles. The lowest BCUT2D eigenvalue weighted by molar-refractivity contribution is -0.119. The minimum Gasteiger partial charge on any atom is -0.345 e. The molecular formula is C16H20N6O2S2. The number of nitrogens with zero attached hydrogens (tertiary/aromatic N) is 5. The van der Waals surface area contributed by atoms with E-state index in [1.165, 1.54) is 11.8 Å². The zero-order valence-corrected chi connectivity index (χ0v) is 16.2. The van der Waals surface area contributed by atoms with Crippen molar-refractivity contribution < 1.29 is 9.32 Å². The molecular weight excluding hydrogens is 372 g/mol. The van der Waals surface area contributed by atoms with Gasteiger partial charge in [-0.3, -0.25) is 9.20 Å². The average Bonchev–Trinajstić information content (AvgIpc) is 3.25. The van der Waals surface area contributed by atoms with Crippen LogP contribution in [0.4, 0.5) is 0 Å². The van der Waals surface area contributed by atoms with Crippen molar-refractivity contribution in [3.8, 4) is 0 Å². The number of aromatic nitrogens is 5. The van der Waals surface area contributed by atoms with Crippen molar-refractivity contribution in [3.05, 3.63) is 41.9 Å². The van der Waals surface area contributed by atoms with Gasteiger partial charge in [0.15, 0.2) is 17.3 Å². The van der Waals surface area contributed by atoms with Crippen LogP contribution in [-0.4, -0.2) is 48.4 Å². The molecule has 0 saturated heterocycles. The molecule has 0 radical (unpaired) electrons. The van der Waals surface area contributed by atoms with Crippen LogP contribution in [0.15, 0.2) is 28.9 Å². The second-order valence-electron chi connectivity index (χ2n) is 5.61. The lowest BCUT2D eigenvalue weighted by atomic mass is 10.2. The van der Waals surface area contributed by atoms with Gasteiger partial charge in [0.25, 0.3) is 0 Å². The predicted octanol–water partition coefficient (Wildman–Crippen LogP) is 2.26. The molecule has 0 bridgehead atoms. The van der Waals surface area contributed by atoms with Crippen molar-refractivity contribution in [1.29, 1.82) is 0 Å². The number of nitrogens with one attached hydrogen (secondary N) is 1. The van der Waals surface area contributed by atoms with Crippen LogP contribution in [0, 0.1) is 6.92 Å². The Balaban J connectivity index is 1.61. The SMILES string of the molecule is CSCCC(NC(=O)CSCc1noc(C)n1)c1nnc2ccccn12. The molecule has 10 heteroatoms. The Morgan fingerprint density at radius 2 is 2.27 bits per heavy atom. The van der Waals surface area contributed by atoms with Gasteiger partial charge in [-0.2, -0.15) is 16.7 Å². The fourth-order valence-electron chi connectivity index (χ4n) is 2.47. The van der Waals surface area contributed by atoms with E-state index >= 15 is 0 Å². The number of thioether (sulfide) groups is 2. The first-order valence-corrected chi connectivity index (χ1v) is 10.7. The highest BCUT2D eigenvalue weighted by atomic mass is 32.2. The largest absolute Gasteiger partial charge is 0.345 e. The van der Waals surface area contributed by atoms with Gasteiger partial charge in [-0.1, -0.05) is 11.2 Å². The van der Waals surface area contributed by atoms with E-state index in [1.807, 2.05) is 35.1 Å². The molecule has 0 aliphatic rings. The maximum absolute atomic E-state index is 12.4. The lowest BCUT2D eigenvalue weighted by Gasteiger charge is -2.16. The van der Waals surface area contributed by atoms with Crippen LogP contribution in [-0.2, 0) is 10.5 Å². The highest BCUT2D eigenvalue weighted by molar-refractivity contribution is 7.99.